The van der Waals surface area contributed by atoms with E-state index >= 15 is 0 Å². The van der Waals surface area contributed by atoms with Crippen LogP contribution in [0.3, 0.4) is 0 Å². The van der Waals surface area contributed by atoms with Crippen molar-refractivity contribution in [1.29, 1.82) is 0 Å². The molecule has 0 spiro atoms. The van der Waals surface area contributed by atoms with Gasteiger partial charge < -0.3 is 14.5 Å². The minimum absolute atomic E-state index is 0.00344. The van der Waals surface area contributed by atoms with Gasteiger partial charge in [-0.05, 0) is 42.7 Å². The number of carbonyl (C=O) groups is 2. The summed E-state index contributed by atoms with van der Waals surface area (Å²) >= 11 is 6.06. The Labute approximate surface area is 189 Å². The average molecular weight is 444 g/mol. The zero-order valence-electron chi connectivity index (χ0n) is 17.9. The molecule has 4 rings (SSSR count). The van der Waals surface area contributed by atoms with Crippen LogP contribution < -0.4 is 4.74 Å². The Morgan fingerprint density at radius 1 is 0.968 bits per heavy atom. The lowest BCUT2D eigenvalue weighted by Crippen LogP contribution is -2.51. The summed E-state index contributed by atoms with van der Waals surface area (Å²) in [6.07, 6.45) is 10.1. The highest BCUT2D eigenvalue weighted by Crippen LogP contribution is 2.29. The Bertz CT molecular complexity index is 867. The highest BCUT2D eigenvalue weighted by atomic mass is 35.5. The molecule has 3 aliphatic heterocycles. The van der Waals surface area contributed by atoms with Gasteiger partial charge in [0, 0.05) is 55.9 Å². The van der Waals surface area contributed by atoms with Crippen LogP contribution >= 0.6 is 11.6 Å². The van der Waals surface area contributed by atoms with Crippen LogP contribution in [0.15, 0.2) is 35.9 Å². The third kappa shape index (κ3) is 5.89. The fraction of sp³-hybridized carbons (Fsp3) is 0.500. The summed E-state index contributed by atoms with van der Waals surface area (Å²) in [6, 6.07) is 5.52. The Balaban J connectivity index is 1.25. The van der Waals surface area contributed by atoms with Gasteiger partial charge in [0.05, 0.1) is 6.54 Å². The van der Waals surface area contributed by atoms with Crippen molar-refractivity contribution in [2.75, 3.05) is 52.4 Å². The number of nitrogens with zero attached hydrogens (tertiary/aromatic N) is 3. The first kappa shape index (κ1) is 21.9. The number of carbonyl (C=O) groups excluding carboxylic acids is 2. The SMILES string of the molecule is O=C(C=CC1=Cc2cc(Cl)ccc2OC1)N1CCN(CC(=O)N2CCCCCC2)CC1. The van der Waals surface area contributed by atoms with E-state index < -0.39 is 0 Å². The zero-order valence-corrected chi connectivity index (χ0v) is 18.6. The second kappa shape index (κ2) is 10.3. The third-order valence-electron chi connectivity index (χ3n) is 6.15. The van der Waals surface area contributed by atoms with Gasteiger partial charge in [-0.2, -0.15) is 0 Å². The third-order valence-corrected chi connectivity index (χ3v) is 6.38. The van der Waals surface area contributed by atoms with Crippen LogP contribution in [-0.2, 0) is 9.59 Å². The molecule has 6 nitrogen and oxygen atoms in total. The van der Waals surface area contributed by atoms with Gasteiger partial charge in [-0.3, -0.25) is 14.5 Å². The molecule has 0 saturated carbocycles. The molecule has 166 valence electrons. The number of likely N-dealkylation sites (tertiary alicyclic amines) is 1. The molecule has 0 bridgehead atoms. The van der Waals surface area contributed by atoms with E-state index in [0.29, 0.717) is 31.3 Å². The molecule has 0 unspecified atom stereocenters. The first-order chi connectivity index (χ1) is 15.1. The number of ether oxygens (including phenoxy) is 1. The topological polar surface area (TPSA) is 53.1 Å². The minimum Gasteiger partial charge on any atom is -0.488 e. The molecule has 2 amide bonds. The normalized spacial score (nSPS) is 20.1. The van der Waals surface area contributed by atoms with Crippen molar-refractivity contribution >= 4 is 29.5 Å². The molecule has 0 aromatic heterocycles. The van der Waals surface area contributed by atoms with Crippen molar-refractivity contribution in [3.63, 3.8) is 0 Å². The second-order valence-electron chi connectivity index (χ2n) is 8.42. The second-order valence-corrected chi connectivity index (χ2v) is 8.86. The maximum Gasteiger partial charge on any atom is 0.246 e. The summed E-state index contributed by atoms with van der Waals surface area (Å²) in [5.74, 6) is 1.03. The Morgan fingerprint density at radius 2 is 1.71 bits per heavy atom. The van der Waals surface area contributed by atoms with Gasteiger partial charge in [-0.1, -0.05) is 30.5 Å². The van der Waals surface area contributed by atoms with Gasteiger partial charge in [-0.25, -0.2) is 0 Å². The van der Waals surface area contributed by atoms with Crippen molar-refractivity contribution < 1.29 is 14.3 Å². The van der Waals surface area contributed by atoms with Crippen molar-refractivity contribution in [2.45, 2.75) is 25.7 Å². The Morgan fingerprint density at radius 3 is 2.45 bits per heavy atom. The molecule has 0 atom stereocenters. The summed E-state index contributed by atoms with van der Waals surface area (Å²) in [4.78, 5) is 31.2. The van der Waals surface area contributed by atoms with Crippen LogP contribution in [0, 0.1) is 0 Å². The lowest BCUT2D eigenvalue weighted by Gasteiger charge is -2.35. The molecule has 31 heavy (non-hydrogen) atoms. The molecule has 0 radical (unpaired) electrons. The van der Waals surface area contributed by atoms with Crippen LogP contribution in [-0.4, -0.2) is 78.9 Å². The molecule has 1 aromatic rings. The largest absolute Gasteiger partial charge is 0.488 e. The Kier molecular flexibility index (Phi) is 7.30. The maximum absolute atomic E-state index is 12.6. The number of amides is 2. The first-order valence-corrected chi connectivity index (χ1v) is 11.6. The number of piperazine rings is 1. The van der Waals surface area contributed by atoms with Gasteiger partial charge in [0.25, 0.3) is 0 Å². The van der Waals surface area contributed by atoms with Gasteiger partial charge in [0.2, 0.25) is 11.8 Å². The average Bonchev–Trinajstić information content (AvgIpc) is 3.07. The minimum atomic E-state index is -0.00344. The number of fused-ring (bicyclic) bond motifs is 1. The van der Waals surface area contributed by atoms with Crippen molar-refractivity contribution in [1.82, 2.24) is 14.7 Å². The highest BCUT2D eigenvalue weighted by molar-refractivity contribution is 6.30. The highest BCUT2D eigenvalue weighted by Gasteiger charge is 2.24. The fourth-order valence-electron chi connectivity index (χ4n) is 4.28. The predicted octanol–water partition coefficient (Wildman–Crippen LogP) is 3.22. The van der Waals surface area contributed by atoms with Crippen molar-refractivity contribution in [2.24, 2.45) is 0 Å². The van der Waals surface area contributed by atoms with Crippen molar-refractivity contribution in [3.05, 3.63) is 46.5 Å². The molecular formula is C24H30ClN3O3. The number of halogens is 1. The van der Waals surface area contributed by atoms with Crippen LogP contribution in [0.25, 0.3) is 6.08 Å². The molecule has 0 N–H and O–H groups in total. The molecule has 2 saturated heterocycles. The van der Waals surface area contributed by atoms with E-state index in [-0.39, 0.29) is 11.8 Å². The van der Waals surface area contributed by atoms with E-state index in [4.69, 9.17) is 16.3 Å². The summed E-state index contributed by atoms with van der Waals surface area (Å²) in [6.45, 7) is 5.42. The molecule has 7 heteroatoms. The molecule has 3 heterocycles. The number of rotatable bonds is 4. The number of hydrogen-bond donors (Lipinski definition) is 0. The van der Waals surface area contributed by atoms with E-state index in [0.717, 1.165) is 55.9 Å². The number of benzene rings is 1. The lowest BCUT2D eigenvalue weighted by atomic mass is 10.1. The van der Waals surface area contributed by atoms with E-state index in [2.05, 4.69) is 4.90 Å². The van der Waals surface area contributed by atoms with Crippen LogP contribution in [0.2, 0.25) is 5.02 Å². The van der Waals surface area contributed by atoms with Crippen LogP contribution in [0.1, 0.15) is 31.2 Å². The molecule has 3 aliphatic rings. The van der Waals surface area contributed by atoms with Gasteiger partial charge in [0.15, 0.2) is 0 Å². The maximum atomic E-state index is 12.6. The smallest absolute Gasteiger partial charge is 0.246 e. The predicted molar refractivity (Wildman–Crippen MR) is 122 cm³/mol. The lowest BCUT2D eigenvalue weighted by molar-refractivity contribution is -0.133. The summed E-state index contributed by atoms with van der Waals surface area (Å²) in [7, 11) is 0. The van der Waals surface area contributed by atoms with E-state index in [1.807, 2.05) is 34.1 Å². The molecular weight excluding hydrogens is 414 g/mol. The summed E-state index contributed by atoms with van der Waals surface area (Å²) in [5.41, 5.74) is 1.86. The molecule has 2 fully saturated rings. The fourth-order valence-corrected chi connectivity index (χ4v) is 4.46. The monoisotopic (exact) mass is 443 g/mol. The van der Waals surface area contributed by atoms with E-state index in [1.165, 1.54) is 12.8 Å². The van der Waals surface area contributed by atoms with Crippen molar-refractivity contribution in [3.8, 4) is 5.75 Å². The molecule has 0 aliphatic carbocycles. The summed E-state index contributed by atoms with van der Waals surface area (Å²) < 4.78 is 5.73. The van der Waals surface area contributed by atoms with Gasteiger partial charge in [0.1, 0.15) is 12.4 Å². The number of hydrogen-bond acceptors (Lipinski definition) is 4. The Hall–Kier alpha value is -2.31. The van der Waals surface area contributed by atoms with Crippen LogP contribution in [0.5, 0.6) is 5.75 Å². The quantitative estimate of drug-likeness (QED) is 0.670. The van der Waals surface area contributed by atoms with E-state index in [1.54, 1.807) is 12.1 Å². The first-order valence-electron chi connectivity index (χ1n) is 11.2. The van der Waals surface area contributed by atoms with Gasteiger partial charge in [-0.15, -0.1) is 0 Å². The van der Waals surface area contributed by atoms with Gasteiger partial charge >= 0.3 is 0 Å². The zero-order chi connectivity index (χ0) is 21.6. The van der Waals surface area contributed by atoms with Crippen LogP contribution in [0.4, 0.5) is 0 Å². The summed E-state index contributed by atoms with van der Waals surface area (Å²) in [5, 5.41) is 0.659. The van der Waals surface area contributed by atoms with E-state index in [9.17, 15) is 9.59 Å². The molecule has 1 aromatic carbocycles. The standard InChI is InChI=1S/C24H30ClN3O3/c25-21-6-7-22-20(16-21)15-19(18-31-22)5-8-23(29)28-13-11-26(12-14-28)17-24(30)27-9-3-1-2-4-10-27/h5-8,15-16H,1-4,9-14,17-18H2.